The molecule has 29 heavy (non-hydrogen) atoms. The average molecular weight is 409 g/mol. The molecule has 3 amide bonds. The number of urea groups is 1. The highest BCUT2D eigenvalue weighted by molar-refractivity contribution is 7.15. The van der Waals surface area contributed by atoms with Gasteiger partial charge in [-0.25, -0.2) is 14.8 Å². The van der Waals surface area contributed by atoms with E-state index in [9.17, 15) is 9.59 Å². The van der Waals surface area contributed by atoms with Gasteiger partial charge in [-0.15, -0.1) is 11.3 Å². The van der Waals surface area contributed by atoms with Crippen molar-refractivity contribution in [3.8, 4) is 22.1 Å². The van der Waals surface area contributed by atoms with E-state index < -0.39 is 6.03 Å². The van der Waals surface area contributed by atoms with Gasteiger partial charge < -0.3 is 4.74 Å². The number of nitrogens with zero attached hydrogens (tertiary/aromatic N) is 4. The lowest BCUT2D eigenvalue weighted by Gasteiger charge is -2.15. The maximum Gasteiger partial charge on any atom is 0.329 e. The lowest BCUT2D eigenvalue weighted by Crippen LogP contribution is -2.35. The Labute approximate surface area is 171 Å². The summed E-state index contributed by atoms with van der Waals surface area (Å²) in [6.07, 6.45) is 4.58. The van der Waals surface area contributed by atoms with Gasteiger partial charge in [0.25, 0.3) is 0 Å². The quantitative estimate of drug-likeness (QED) is 0.695. The number of aromatic nitrogens is 3. The van der Waals surface area contributed by atoms with E-state index in [1.54, 1.807) is 48.9 Å². The first-order valence-electron chi connectivity index (χ1n) is 9.15. The number of ether oxygens (including phenoxy) is 1. The number of rotatable bonds is 4. The first-order valence-corrected chi connectivity index (χ1v) is 9.97. The third kappa shape index (κ3) is 4.24. The van der Waals surface area contributed by atoms with Crippen LogP contribution in [0.5, 0.6) is 11.5 Å². The van der Waals surface area contributed by atoms with Crippen LogP contribution in [0.15, 0.2) is 36.7 Å². The topological polar surface area (TPSA) is 97.3 Å². The molecule has 1 N–H and O–H groups in total. The number of aryl methyl sites for hydroxylation is 2. The van der Waals surface area contributed by atoms with Crippen LogP contribution >= 0.6 is 11.3 Å². The Bertz CT molecular complexity index is 1080. The number of amides is 3. The van der Waals surface area contributed by atoms with Crippen LogP contribution in [0.25, 0.3) is 10.6 Å². The first kappa shape index (κ1) is 19.0. The summed E-state index contributed by atoms with van der Waals surface area (Å²) in [5, 5.41) is 3.64. The second-order valence-corrected chi connectivity index (χ2v) is 7.82. The summed E-state index contributed by atoms with van der Waals surface area (Å²) >= 11 is 1.57. The lowest BCUT2D eigenvalue weighted by atomic mass is 10.3. The normalized spacial score (nSPS) is 13.6. The van der Waals surface area contributed by atoms with Gasteiger partial charge in [0.15, 0.2) is 0 Å². The zero-order valence-corrected chi connectivity index (χ0v) is 16.8. The molecule has 9 heteroatoms. The summed E-state index contributed by atoms with van der Waals surface area (Å²) in [4.78, 5) is 39.1. The van der Waals surface area contributed by atoms with Crippen LogP contribution in [0.3, 0.4) is 0 Å². The van der Waals surface area contributed by atoms with Crippen LogP contribution in [0, 0.1) is 13.8 Å². The van der Waals surface area contributed by atoms with Crippen molar-refractivity contribution in [3.63, 3.8) is 0 Å². The van der Waals surface area contributed by atoms with Gasteiger partial charge in [-0.1, -0.05) is 0 Å². The van der Waals surface area contributed by atoms with E-state index in [0.717, 1.165) is 15.6 Å². The Morgan fingerprint density at radius 3 is 2.79 bits per heavy atom. The number of carbonyl (C=O) groups excluding carboxylic acids is 2. The molecule has 3 aromatic rings. The minimum atomic E-state index is -0.452. The minimum absolute atomic E-state index is 0.163. The molecule has 0 aromatic carbocycles. The molecule has 0 spiro atoms. The van der Waals surface area contributed by atoms with Gasteiger partial charge in [0.1, 0.15) is 17.3 Å². The Kier molecular flexibility index (Phi) is 5.22. The van der Waals surface area contributed by atoms with Crippen molar-refractivity contribution in [2.24, 2.45) is 0 Å². The molecule has 0 aliphatic carbocycles. The molecule has 1 saturated heterocycles. The highest BCUT2D eigenvalue weighted by atomic mass is 32.1. The van der Waals surface area contributed by atoms with Gasteiger partial charge in [-0.2, -0.15) is 0 Å². The number of likely N-dealkylation sites (tertiary alicyclic amines) is 1. The number of thiazole rings is 1. The molecular weight excluding hydrogens is 390 g/mol. The fourth-order valence-electron chi connectivity index (χ4n) is 2.98. The fourth-order valence-corrected chi connectivity index (χ4v) is 3.73. The zero-order valence-electron chi connectivity index (χ0n) is 16.0. The highest BCUT2D eigenvalue weighted by Crippen LogP contribution is 2.30. The van der Waals surface area contributed by atoms with Crippen LogP contribution in [0.1, 0.15) is 23.5 Å². The molecule has 1 aliphatic heterocycles. The van der Waals surface area contributed by atoms with E-state index in [0.29, 0.717) is 42.4 Å². The van der Waals surface area contributed by atoms with Crippen LogP contribution < -0.4 is 10.1 Å². The number of carbonyl (C=O) groups is 2. The average Bonchev–Trinajstić information content (AvgIpc) is 3.32. The number of imide groups is 1. The molecule has 148 valence electrons. The summed E-state index contributed by atoms with van der Waals surface area (Å²) in [6, 6.07) is 6.55. The van der Waals surface area contributed by atoms with Crippen molar-refractivity contribution in [3.05, 3.63) is 47.4 Å². The molecule has 0 saturated carbocycles. The minimum Gasteiger partial charge on any atom is -0.455 e. The van der Waals surface area contributed by atoms with E-state index >= 15 is 0 Å². The fraction of sp³-hybridized carbons (Fsp3) is 0.250. The van der Waals surface area contributed by atoms with Crippen molar-refractivity contribution in [1.82, 2.24) is 19.9 Å². The molecule has 4 heterocycles. The molecule has 0 unspecified atom stereocenters. The van der Waals surface area contributed by atoms with E-state index in [4.69, 9.17) is 4.74 Å². The Morgan fingerprint density at radius 2 is 2.10 bits per heavy atom. The molecule has 4 rings (SSSR count). The van der Waals surface area contributed by atoms with Crippen LogP contribution in [-0.2, 0) is 4.79 Å². The van der Waals surface area contributed by atoms with E-state index in [1.807, 2.05) is 13.0 Å². The van der Waals surface area contributed by atoms with Crippen LogP contribution in [-0.4, -0.2) is 38.3 Å². The number of nitrogens with one attached hydrogen (secondary N) is 1. The SMILES string of the molecule is Cc1ncc(-c2cc(Oc3ccc(NC(=O)N4CCCC4=O)nc3C)ccn2)s1. The Hall–Kier alpha value is -3.33. The molecule has 0 atom stereocenters. The number of hydrogen-bond donors (Lipinski definition) is 1. The summed E-state index contributed by atoms with van der Waals surface area (Å²) in [7, 11) is 0. The monoisotopic (exact) mass is 409 g/mol. The smallest absolute Gasteiger partial charge is 0.329 e. The van der Waals surface area contributed by atoms with E-state index in [2.05, 4.69) is 20.3 Å². The van der Waals surface area contributed by atoms with Gasteiger partial charge in [-0.3, -0.25) is 20.0 Å². The second kappa shape index (κ2) is 7.96. The molecule has 8 nitrogen and oxygen atoms in total. The van der Waals surface area contributed by atoms with Crippen molar-refractivity contribution in [2.45, 2.75) is 26.7 Å². The first-order chi connectivity index (χ1) is 14.0. The number of pyridine rings is 2. The van der Waals surface area contributed by atoms with E-state index in [1.165, 1.54) is 4.90 Å². The molecule has 3 aromatic heterocycles. The standard InChI is InChI=1S/C20H19N5O3S/c1-12-16(5-6-18(23-12)24-20(27)25-9-3-4-19(25)26)28-14-7-8-21-15(10-14)17-11-22-13(2)29-17/h5-8,10-11H,3-4,9H2,1-2H3,(H,23,24,27). The van der Waals surface area contributed by atoms with Gasteiger partial charge >= 0.3 is 6.03 Å². The van der Waals surface area contributed by atoms with Crippen molar-refractivity contribution in [1.29, 1.82) is 0 Å². The molecule has 1 fully saturated rings. The van der Waals surface area contributed by atoms with Gasteiger partial charge in [0.05, 0.1) is 21.3 Å². The lowest BCUT2D eigenvalue weighted by molar-refractivity contribution is -0.125. The van der Waals surface area contributed by atoms with E-state index in [-0.39, 0.29) is 5.91 Å². The van der Waals surface area contributed by atoms with Crippen molar-refractivity contribution in [2.75, 3.05) is 11.9 Å². The second-order valence-electron chi connectivity index (χ2n) is 6.58. The van der Waals surface area contributed by atoms with Gasteiger partial charge in [0.2, 0.25) is 5.91 Å². The third-order valence-corrected chi connectivity index (χ3v) is 5.36. The van der Waals surface area contributed by atoms with Gasteiger partial charge in [-0.05, 0) is 38.5 Å². The Morgan fingerprint density at radius 1 is 1.24 bits per heavy atom. The van der Waals surface area contributed by atoms with Crippen LogP contribution in [0.4, 0.5) is 10.6 Å². The summed E-state index contributed by atoms with van der Waals surface area (Å²) in [5.41, 5.74) is 1.40. The predicted octanol–water partition coefficient (Wildman–Crippen LogP) is 4.16. The van der Waals surface area contributed by atoms with Crippen molar-refractivity contribution < 1.29 is 14.3 Å². The third-order valence-electron chi connectivity index (χ3n) is 4.42. The Balaban J connectivity index is 1.47. The van der Waals surface area contributed by atoms with Crippen LogP contribution in [0.2, 0.25) is 0 Å². The summed E-state index contributed by atoms with van der Waals surface area (Å²) in [5.74, 6) is 1.40. The molecule has 0 bridgehead atoms. The molecule has 1 aliphatic rings. The number of hydrogen-bond acceptors (Lipinski definition) is 7. The largest absolute Gasteiger partial charge is 0.455 e. The molecular formula is C20H19N5O3S. The maximum atomic E-state index is 12.2. The maximum absolute atomic E-state index is 12.2. The van der Waals surface area contributed by atoms with Gasteiger partial charge in [0, 0.05) is 31.4 Å². The highest BCUT2D eigenvalue weighted by Gasteiger charge is 2.26. The molecule has 0 radical (unpaired) electrons. The zero-order chi connectivity index (χ0) is 20.4. The number of anilines is 1. The predicted molar refractivity (Wildman–Crippen MR) is 109 cm³/mol. The van der Waals surface area contributed by atoms with Crippen molar-refractivity contribution >= 4 is 29.1 Å². The summed E-state index contributed by atoms with van der Waals surface area (Å²) in [6.45, 7) is 4.18. The summed E-state index contributed by atoms with van der Waals surface area (Å²) < 4.78 is 5.96.